The van der Waals surface area contributed by atoms with E-state index in [0.717, 1.165) is 12.8 Å². The lowest BCUT2D eigenvalue weighted by molar-refractivity contribution is -0.00737. The molecule has 0 aromatic carbocycles. The maximum absolute atomic E-state index is 12.0. The Labute approximate surface area is 102 Å². The van der Waals surface area contributed by atoms with Crippen LogP contribution in [0.3, 0.4) is 0 Å². The molecule has 1 aliphatic heterocycles. The van der Waals surface area contributed by atoms with Crippen LogP contribution in [0.1, 0.15) is 40.5 Å². The molecule has 2 atom stereocenters. The number of carbonyl (C=O) groups excluding carboxylic acids is 1. The summed E-state index contributed by atoms with van der Waals surface area (Å²) in [6.45, 7) is 7.72. The largest absolute Gasteiger partial charge is 0.444 e. The van der Waals surface area contributed by atoms with Crippen LogP contribution in [-0.4, -0.2) is 40.1 Å². The summed E-state index contributed by atoms with van der Waals surface area (Å²) in [4.78, 5) is 13.6. The van der Waals surface area contributed by atoms with Gasteiger partial charge in [-0.3, -0.25) is 0 Å². The van der Waals surface area contributed by atoms with Crippen LogP contribution in [0.25, 0.3) is 0 Å². The lowest BCUT2D eigenvalue weighted by Gasteiger charge is -2.36. The van der Waals surface area contributed by atoms with E-state index in [2.05, 4.69) is 5.48 Å². The van der Waals surface area contributed by atoms with Crippen molar-refractivity contribution in [3.8, 4) is 0 Å². The number of hydrogen-bond donors (Lipinski definition) is 3. The van der Waals surface area contributed by atoms with E-state index in [9.17, 15) is 4.79 Å². The molecule has 0 saturated carbocycles. The third-order valence-electron chi connectivity index (χ3n) is 2.81. The molecule has 1 amide bonds. The van der Waals surface area contributed by atoms with E-state index < -0.39 is 11.3 Å². The quantitative estimate of drug-likeness (QED) is 0.500. The molecule has 1 saturated heterocycles. The fourth-order valence-electron chi connectivity index (χ4n) is 2.00. The van der Waals surface area contributed by atoms with Crippen LogP contribution in [-0.2, 0) is 4.74 Å². The summed E-state index contributed by atoms with van der Waals surface area (Å²) in [6.07, 6.45) is 1.23. The highest BCUT2D eigenvalue weighted by molar-refractivity contribution is 5.69. The Morgan fingerprint density at radius 1 is 1.47 bits per heavy atom. The Bertz CT molecular complexity index is 286. The van der Waals surface area contributed by atoms with Gasteiger partial charge in [-0.15, -0.1) is 0 Å². The zero-order valence-electron chi connectivity index (χ0n) is 11.0. The van der Waals surface area contributed by atoms with Gasteiger partial charge in [0.15, 0.2) is 0 Å². The molecule has 1 aliphatic rings. The molecule has 4 N–H and O–H groups in total. The third-order valence-corrected chi connectivity index (χ3v) is 2.81. The molecule has 100 valence electrons. The molecule has 6 heteroatoms. The Kier molecular flexibility index (Phi) is 4.01. The van der Waals surface area contributed by atoms with Crippen LogP contribution in [0.2, 0.25) is 0 Å². The fraction of sp³-hybridized carbons (Fsp3) is 0.909. The molecule has 1 heterocycles. The number of nitrogens with one attached hydrogen (secondary N) is 1. The predicted molar refractivity (Wildman–Crippen MR) is 63.5 cm³/mol. The highest BCUT2D eigenvalue weighted by Crippen LogP contribution is 2.25. The van der Waals surface area contributed by atoms with Gasteiger partial charge in [-0.05, 0) is 40.5 Å². The third kappa shape index (κ3) is 3.55. The normalized spacial score (nSPS) is 24.6. The van der Waals surface area contributed by atoms with E-state index in [0.29, 0.717) is 6.54 Å². The second-order valence-corrected chi connectivity index (χ2v) is 5.73. The highest BCUT2D eigenvalue weighted by atomic mass is 16.6. The first-order valence-electron chi connectivity index (χ1n) is 5.87. The Balaban J connectivity index is 2.73. The van der Waals surface area contributed by atoms with Crippen LogP contribution >= 0.6 is 0 Å². The van der Waals surface area contributed by atoms with Crippen molar-refractivity contribution in [1.29, 1.82) is 0 Å². The molecular weight excluding hydrogens is 222 g/mol. The Hall–Kier alpha value is -0.850. The zero-order chi connectivity index (χ0) is 13.3. The zero-order valence-corrected chi connectivity index (χ0v) is 11.0. The molecule has 0 aromatic rings. The van der Waals surface area contributed by atoms with E-state index in [4.69, 9.17) is 15.7 Å². The maximum Gasteiger partial charge on any atom is 0.410 e. The number of carbonyl (C=O) groups is 1. The number of rotatable bonds is 2. The number of ether oxygens (including phenoxy) is 1. The first kappa shape index (κ1) is 14.2. The molecule has 1 rings (SSSR count). The van der Waals surface area contributed by atoms with Crippen LogP contribution in [0.4, 0.5) is 4.79 Å². The first-order valence-corrected chi connectivity index (χ1v) is 5.87. The second-order valence-electron chi connectivity index (χ2n) is 5.73. The van der Waals surface area contributed by atoms with Crippen LogP contribution in [0, 0.1) is 0 Å². The second kappa shape index (κ2) is 4.80. The first-order chi connectivity index (χ1) is 7.67. The highest BCUT2D eigenvalue weighted by Gasteiger charge is 2.41. The van der Waals surface area contributed by atoms with E-state index >= 15 is 0 Å². The fourth-order valence-corrected chi connectivity index (χ4v) is 2.00. The number of hydroxylamine groups is 1. The minimum atomic E-state index is -1.02. The standard InChI is InChI=1S/C11H23N3O3/c1-10(2,3)17-9(15)14-7-5-6-8(14)11(4,12)13-16/h8,13,16H,5-7,12H2,1-4H3. The summed E-state index contributed by atoms with van der Waals surface area (Å²) in [5.41, 5.74) is 6.42. The summed E-state index contributed by atoms with van der Waals surface area (Å²) < 4.78 is 5.31. The van der Waals surface area contributed by atoms with E-state index in [-0.39, 0.29) is 12.1 Å². The summed E-state index contributed by atoms with van der Waals surface area (Å²) >= 11 is 0. The maximum atomic E-state index is 12.0. The lowest BCUT2D eigenvalue weighted by Crippen LogP contribution is -2.63. The molecule has 17 heavy (non-hydrogen) atoms. The summed E-state index contributed by atoms with van der Waals surface area (Å²) in [5, 5.41) is 9.03. The van der Waals surface area contributed by atoms with Crippen molar-refractivity contribution in [2.45, 2.75) is 57.8 Å². The van der Waals surface area contributed by atoms with E-state index in [1.807, 2.05) is 20.8 Å². The number of amides is 1. The van der Waals surface area contributed by atoms with Gasteiger partial charge >= 0.3 is 6.09 Å². The van der Waals surface area contributed by atoms with Gasteiger partial charge < -0.3 is 20.6 Å². The Morgan fingerprint density at radius 3 is 2.53 bits per heavy atom. The molecule has 0 radical (unpaired) electrons. The van der Waals surface area contributed by atoms with Crippen molar-refractivity contribution >= 4 is 6.09 Å². The minimum absolute atomic E-state index is 0.262. The number of likely N-dealkylation sites (tertiary alicyclic amines) is 1. The monoisotopic (exact) mass is 245 g/mol. The average molecular weight is 245 g/mol. The molecule has 1 fully saturated rings. The van der Waals surface area contributed by atoms with Gasteiger partial charge in [-0.2, -0.15) is 5.48 Å². The molecule has 0 aromatic heterocycles. The van der Waals surface area contributed by atoms with Crippen molar-refractivity contribution in [2.24, 2.45) is 5.73 Å². The minimum Gasteiger partial charge on any atom is -0.444 e. The van der Waals surface area contributed by atoms with Crippen molar-refractivity contribution < 1.29 is 14.7 Å². The van der Waals surface area contributed by atoms with Gasteiger partial charge in [0.25, 0.3) is 0 Å². The van der Waals surface area contributed by atoms with Crippen molar-refractivity contribution in [3.05, 3.63) is 0 Å². The molecule has 0 aliphatic carbocycles. The molecule has 2 unspecified atom stereocenters. The summed E-state index contributed by atoms with van der Waals surface area (Å²) in [6, 6.07) is -0.262. The summed E-state index contributed by atoms with van der Waals surface area (Å²) in [7, 11) is 0. The van der Waals surface area contributed by atoms with Gasteiger partial charge in [0, 0.05) is 6.54 Å². The van der Waals surface area contributed by atoms with Crippen LogP contribution in [0.5, 0.6) is 0 Å². The van der Waals surface area contributed by atoms with Crippen molar-refractivity contribution in [2.75, 3.05) is 6.54 Å². The predicted octanol–water partition coefficient (Wildman–Crippen LogP) is 1.04. The smallest absolute Gasteiger partial charge is 0.410 e. The lowest BCUT2D eigenvalue weighted by atomic mass is 10.0. The number of nitrogens with zero attached hydrogens (tertiary/aromatic N) is 1. The topological polar surface area (TPSA) is 87.8 Å². The molecule has 0 bridgehead atoms. The van der Waals surface area contributed by atoms with Gasteiger partial charge in [0.1, 0.15) is 11.3 Å². The van der Waals surface area contributed by atoms with Gasteiger partial charge in [0.2, 0.25) is 0 Å². The van der Waals surface area contributed by atoms with Gasteiger partial charge in [0.05, 0.1) is 6.04 Å². The van der Waals surface area contributed by atoms with Gasteiger partial charge in [-0.1, -0.05) is 0 Å². The molecule has 6 nitrogen and oxygen atoms in total. The van der Waals surface area contributed by atoms with Crippen molar-refractivity contribution in [3.63, 3.8) is 0 Å². The average Bonchev–Trinajstić information content (AvgIpc) is 2.63. The SMILES string of the molecule is CC(C)(C)OC(=O)N1CCCC1C(C)(N)NO. The van der Waals surface area contributed by atoms with Crippen LogP contribution in [0.15, 0.2) is 0 Å². The number of nitrogens with two attached hydrogens (primary N) is 1. The molecule has 0 spiro atoms. The Morgan fingerprint density at radius 2 is 2.06 bits per heavy atom. The summed E-state index contributed by atoms with van der Waals surface area (Å²) in [5.74, 6) is 0. The molecular formula is C11H23N3O3. The van der Waals surface area contributed by atoms with Crippen LogP contribution < -0.4 is 11.2 Å². The van der Waals surface area contributed by atoms with Gasteiger partial charge in [-0.25, -0.2) is 4.79 Å². The number of hydrogen-bond acceptors (Lipinski definition) is 5. The van der Waals surface area contributed by atoms with E-state index in [1.165, 1.54) is 0 Å². The van der Waals surface area contributed by atoms with Crippen molar-refractivity contribution in [1.82, 2.24) is 10.4 Å². The van der Waals surface area contributed by atoms with E-state index in [1.54, 1.807) is 11.8 Å².